The Bertz CT molecular complexity index is 3630. The molecule has 4 aliphatic carbocycles. The number of para-hydroxylation sites is 1. The van der Waals surface area contributed by atoms with Crippen molar-refractivity contribution in [2.75, 3.05) is 0 Å². The maximum Gasteiger partial charge on any atom is 0.0547 e. The minimum Gasteiger partial charge on any atom is -0.309 e. The van der Waals surface area contributed by atoms with E-state index < -0.39 is 0 Å². The molecular weight excluding hydrogens is 783 g/mol. The maximum atomic E-state index is 2.62. The topological polar surface area (TPSA) is 4.93 Å². The first kappa shape index (κ1) is 37.4. The van der Waals surface area contributed by atoms with Crippen LogP contribution in [-0.4, -0.2) is 4.57 Å². The third-order valence-electron chi connectivity index (χ3n) is 17.1. The third kappa shape index (κ3) is 4.69. The lowest BCUT2D eigenvalue weighted by atomic mass is 9.76. The standard InChI is InChI=1S/C64H51N/c1-61(2)49-21-12-9-18-43(49)45-31-28-40(35-53(45)61)64(41-29-32-46-44-19-10-13-22-50(44)62(3,4)54(46)36-41)37-55(64)39-26-30-47-52(34-39)63(5,6)51-23-15-25-57(60(47)51)65-56-24-14-11-20-48(56)59-42-17-8-7-16-38(42)27-33-58(59)65/h7-36,55H,37H2,1-6H3. The summed E-state index contributed by atoms with van der Waals surface area (Å²) in [6.45, 7) is 14.6. The Balaban J connectivity index is 0.944. The lowest BCUT2D eigenvalue weighted by Gasteiger charge is -2.27. The number of nitrogens with zero attached hydrogens (tertiary/aromatic N) is 1. The van der Waals surface area contributed by atoms with Gasteiger partial charge in [-0.15, -0.1) is 0 Å². The highest BCUT2D eigenvalue weighted by molar-refractivity contribution is 6.21. The van der Waals surface area contributed by atoms with Crippen molar-refractivity contribution in [2.45, 2.75) is 75.5 Å². The molecule has 1 nitrogen and oxygen atoms in total. The molecule has 65 heavy (non-hydrogen) atoms. The first-order valence-corrected chi connectivity index (χ1v) is 23.7. The number of hydrogen-bond donors (Lipinski definition) is 0. The summed E-state index contributed by atoms with van der Waals surface area (Å²) in [4.78, 5) is 0. The van der Waals surface area contributed by atoms with E-state index in [-0.39, 0.29) is 21.7 Å². The molecule has 14 rings (SSSR count). The van der Waals surface area contributed by atoms with Crippen LogP contribution in [0.3, 0.4) is 0 Å². The van der Waals surface area contributed by atoms with Gasteiger partial charge in [-0.3, -0.25) is 0 Å². The fraction of sp³-hybridized carbons (Fsp3) is 0.188. The Kier molecular flexibility index (Phi) is 7.16. The predicted molar refractivity (Wildman–Crippen MR) is 272 cm³/mol. The number of aromatic nitrogens is 1. The van der Waals surface area contributed by atoms with Crippen molar-refractivity contribution in [3.63, 3.8) is 0 Å². The van der Waals surface area contributed by atoms with E-state index in [0.717, 1.165) is 6.42 Å². The SMILES string of the molecule is CC1(C)c2ccccc2-c2ccc(C3(c4ccc5c(c4)C(C)(C)c4ccccc4-5)CC3c3ccc4c(c3)C(C)(C)c3cccc(-n5c6ccccc6c6c7ccccc7ccc65)c3-4)cc21. The van der Waals surface area contributed by atoms with Crippen molar-refractivity contribution in [2.24, 2.45) is 0 Å². The van der Waals surface area contributed by atoms with Gasteiger partial charge in [0.1, 0.15) is 0 Å². The van der Waals surface area contributed by atoms with E-state index in [0.29, 0.717) is 5.92 Å². The summed E-state index contributed by atoms with van der Waals surface area (Å²) in [5.41, 5.74) is 24.5. The van der Waals surface area contributed by atoms with E-state index in [2.05, 4.69) is 228 Å². The van der Waals surface area contributed by atoms with Crippen LogP contribution in [0.15, 0.2) is 182 Å². The Morgan fingerprint density at radius 3 is 1.63 bits per heavy atom. The van der Waals surface area contributed by atoms with Crippen LogP contribution in [0, 0.1) is 0 Å². The zero-order valence-corrected chi connectivity index (χ0v) is 38.1. The number of hydrogen-bond acceptors (Lipinski definition) is 0. The summed E-state index contributed by atoms with van der Waals surface area (Å²) in [5, 5.41) is 5.21. The van der Waals surface area contributed by atoms with Gasteiger partial charge in [-0.2, -0.15) is 0 Å². The summed E-state index contributed by atoms with van der Waals surface area (Å²) in [6.07, 6.45) is 1.08. The summed E-state index contributed by atoms with van der Waals surface area (Å²) < 4.78 is 2.54. The molecular formula is C64H51N. The summed E-state index contributed by atoms with van der Waals surface area (Å²) in [6, 6.07) is 70.3. The molecule has 1 aromatic heterocycles. The van der Waals surface area contributed by atoms with E-state index in [9.17, 15) is 0 Å². The number of rotatable bonds is 4. The molecule has 1 unspecified atom stereocenters. The molecule has 0 N–H and O–H groups in total. The second-order valence-corrected chi connectivity index (χ2v) is 21.3. The van der Waals surface area contributed by atoms with Crippen molar-refractivity contribution in [1.82, 2.24) is 4.57 Å². The van der Waals surface area contributed by atoms with Crippen LogP contribution in [0.1, 0.15) is 104 Å². The van der Waals surface area contributed by atoms with E-state index in [1.54, 1.807) is 0 Å². The largest absolute Gasteiger partial charge is 0.309 e. The quantitative estimate of drug-likeness (QED) is 0.166. The van der Waals surface area contributed by atoms with Crippen molar-refractivity contribution >= 4 is 32.6 Å². The summed E-state index contributed by atoms with van der Waals surface area (Å²) >= 11 is 0. The van der Waals surface area contributed by atoms with Gasteiger partial charge in [0.05, 0.1) is 16.7 Å². The van der Waals surface area contributed by atoms with E-state index >= 15 is 0 Å². The molecule has 0 aliphatic heterocycles. The molecule has 0 spiro atoms. The van der Waals surface area contributed by atoms with Gasteiger partial charge in [0.25, 0.3) is 0 Å². The summed E-state index contributed by atoms with van der Waals surface area (Å²) in [5.74, 6) is 0.340. The van der Waals surface area contributed by atoms with Gasteiger partial charge < -0.3 is 4.57 Å². The molecule has 0 saturated heterocycles. The second kappa shape index (κ2) is 12.4. The van der Waals surface area contributed by atoms with Crippen LogP contribution in [0.4, 0.5) is 0 Å². The van der Waals surface area contributed by atoms with Crippen molar-refractivity contribution in [1.29, 1.82) is 0 Å². The average molecular weight is 834 g/mol. The Labute approximate surface area is 382 Å². The first-order valence-electron chi connectivity index (χ1n) is 23.7. The molecule has 1 heteroatoms. The molecule has 9 aromatic carbocycles. The monoisotopic (exact) mass is 833 g/mol. The smallest absolute Gasteiger partial charge is 0.0547 e. The van der Waals surface area contributed by atoms with Gasteiger partial charge in [0.2, 0.25) is 0 Å². The molecule has 0 bridgehead atoms. The highest BCUT2D eigenvalue weighted by Crippen LogP contribution is 2.67. The summed E-state index contributed by atoms with van der Waals surface area (Å²) in [7, 11) is 0. The van der Waals surface area contributed by atoms with Gasteiger partial charge in [0, 0.05) is 38.0 Å². The molecule has 4 aliphatic rings. The molecule has 1 atom stereocenters. The fourth-order valence-corrected chi connectivity index (χ4v) is 13.6. The minimum absolute atomic E-state index is 0.0698. The van der Waals surface area contributed by atoms with Gasteiger partial charge in [0.15, 0.2) is 0 Å². The van der Waals surface area contributed by atoms with Gasteiger partial charge >= 0.3 is 0 Å². The third-order valence-corrected chi connectivity index (χ3v) is 17.1. The lowest BCUT2D eigenvalue weighted by molar-refractivity contribution is 0.652. The highest BCUT2D eigenvalue weighted by Gasteiger charge is 2.58. The average Bonchev–Trinajstić information content (AvgIpc) is 3.77. The zero-order chi connectivity index (χ0) is 43.8. The van der Waals surface area contributed by atoms with Crippen LogP contribution >= 0.6 is 0 Å². The van der Waals surface area contributed by atoms with E-state index in [4.69, 9.17) is 0 Å². The van der Waals surface area contributed by atoms with E-state index in [1.165, 1.54) is 122 Å². The highest BCUT2D eigenvalue weighted by atomic mass is 15.0. The molecule has 10 aromatic rings. The van der Waals surface area contributed by atoms with Crippen LogP contribution < -0.4 is 0 Å². The normalized spacial score (nSPS) is 18.3. The van der Waals surface area contributed by atoms with Crippen molar-refractivity contribution in [3.05, 3.63) is 232 Å². The fourth-order valence-electron chi connectivity index (χ4n) is 13.6. The lowest BCUT2D eigenvalue weighted by Crippen LogP contribution is -2.19. The Hall–Kier alpha value is -6.96. The maximum absolute atomic E-state index is 2.62. The molecule has 1 fully saturated rings. The van der Waals surface area contributed by atoms with Crippen LogP contribution in [-0.2, 0) is 21.7 Å². The minimum atomic E-state index is -0.174. The van der Waals surface area contributed by atoms with Crippen molar-refractivity contribution < 1.29 is 0 Å². The predicted octanol–water partition coefficient (Wildman–Crippen LogP) is 16.3. The van der Waals surface area contributed by atoms with Gasteiger partial charge in [-0.1, -0.05) is 205 Å². The van der Waals surface area contributed by atoms with Gasteiger partial charge in [-0.25, -0.2) is 0 Å². The first-order chi connectivity index (χ1) is 31.5. The molecule has 312 valence electrons. The van der Waals surface area contributed by atoms with Crippen LogP contribution in [0.5, 0.6) is 0 Å². The molecule has 0 amide bonds. The van der Waals surface area contributed by atoms with Crippen LogP contribution in [0.25, 0.3) is 71.6 Å². The van der Waals surface area contributed by atoms with Crippen molar-refractivity contribution in [3.8, 4) is 39.1 Å². The van der Waals surface area contributed by atoms with Gasteiger partial charge in [-0.05, 0) is 119 Å². The number of fused-ring (bicyclic) bond motifs is 14. The second-order valence-electron chi connectivity index (χ2n) is 21.3. The number of benzene rings is 9. The van der Waals surface area contributed by atoms with Crippen LogP contribution in [0.2, 0.25) is 0 Å². The zero-order valence-electron chi connectivity index (χ0n) is 38.1. The molecule has 0 radical (unpaired) electrons. The molecule has 1 heterocycles. The van der Waals surface area contributed by atoms with E-state index in [1.807, 2.05) is 0 Å². The Morgan fingerprint density at radius 1 is 0.400 bits per heavy atom. The Morgan fingerprint density at radius 2 is 0.938 bits per heavy atom. The molecule has 1 saturated carbocycles.